The molecule has 2 aromatic carbocycles. The topological polar surface area (TPSA) is 143 Å². The summed E-state index contributed by atoms with van der Waals surface area (Å²) in [7, 11) is 0. The minimum Gasteiger partial charge on any atom is -0.447 e. The van der Waals surface area contributed by atoms with E-state index in [2.05, 4.69) is 22.4 Å². The number of ether oxygens (including phenoxy) is 2. The molecule has 2 heterocycles. The third-order valence-corrected chi connectivity index (χ3v) is 6.78. The molecule has 0 aliphatic carbocycles. The Morgan fingerprint density at radius 2 is 1.65 bits per heavy atom. The van der Waals surface area contributed by atoms with Gasteiger partial charge >= 0.3 is 6.09 Å². The maximum absolute atomic E-state index is 12.0. The average molecular weight is 595 g/mol. The normalized spacial score (nSPS) is 15.0. The van der Waals surface area contributed by atoms with Crippen LogP contribution in [-0.2, 0) is 27.4 Å². The standard InChI is InChI=1S/C19H27N5O3.C8H8O.C5H11NO/c1-15-8-9-23(12-15)19(25)27-11-10-24-18(20-21-22-24)16(2)13-26-14-17-6-4-3-5-7-17;1-7(9)8-5-3-2-4-6-8;1-4(7)5(2,3)6/h3-7,15-16H,8-14H2,1-2H3;2-6H,1H3;6H2,1-3H3. The maximum Gasteiger partial charge on any atom is 0.409 e. The number of hydrogen-bond donors (Lipinski definition) is 1. The first-order chi connectivity index (χ1) is 20.4. The van der Waals surface area contributed by atoms with Crippen molar-refractivity contribution in [3.05, 3.63) is 77.6 Å². The molecule has 1 aromatic heterocycles. The average Bonchev–Trinajstić information content (AvgIpc) is 3.63. The lowest BCUT2D eigenvalue weighted by Crippen LogP contribution is -2.39. The van der Waals surface area contributed by atoms with Crippen molar-refractivity contribution >= 4 is 17.7 Å². The second-order valence-electron chi connectivity index (χ2n) is 11.3. The van der Waals surface area contributed by atoms with Gasteiger partial charge in [0.1, 0.15) is 12.4 Å². The second-order valence-corrected chi connectivity index (χ2v) is 11.3. The van der Waals surface area contributed by atoms with Crippen molar-refractivity contribution in [1.82, 2.24) is 25.1 Å². The Kier molecular flexibility index (Phi) is 14.6. The van der Waals surface area contributed by atoms with Gasteiger partial charge in [0.05, 0.1) is 25.3 Å². The number of amides is 1. The molecule has 2 atom stereocenters. The summed E-state index contributed by atoms with van der Waals surface area (Å²) in [6, 6.07) is 19.3. The molecule has 1 amide bonds. The van der Waals surface area contributed by atoms with Gasteiger partial charge in [0.25, 0.3) is 0 Å². The zero-order valence-electron chi connectivity index (χ0n) is 26.2. The van der Waals surface area contributed by atoms with E-state index in [-0.39, 0.29) is 30.2 Å². The van der Waals surface area contributed by atoms with Gasteiger partial charge in [-0.25, -0.2) is 9.48 Å². The van der Waals surface area contributed by atoms with Gasteiger partial charge < -0.3 is 20.1 Å². The van der Waals surface area contributed by atoms with E-state index in [1.165, 1.54) is 6.92 Å². The van der Waals surface area contributed by atoms with E-state index in [1.54, 1.807) is 30.4 Å². The highest BCUT2D eigenvalue weighted by atomic mass is 16.6. The van der Waals surface area contributed by atoms with E-state index in [9.17, 15) is 14.4 Å². The number of likely N-dealkylation sites (tertiary alicyclic amines) is 1. The fraction of sp³-hybridized carbons (Fsp3) is 0.500. The number of nitrogens with two attached hydrogens (primary N) is 1. The molecular formula is C32H46N6O5. The summed E-state index contributed by atoms with van der Waals surface area (Å²) in [5.74, 6) is 1.45. The minimum atomic E-state index is -0.639. The first-order valence-electron chi connectivity index (χ1n) is 14.5. The molecule has 1 aliphatic rings. The summed E-state index contributed by atoms with van der Waals surface area (Å²) in [5.41, 5.74) is 6.60. The van der Waals surface area contributed by atoms with Gasteiger partial charge in [-0.05, 0) is 56.0 Å². The van der Waals surface area contributed by atoms with Crippen molar-refractivity contribution in [2.45, 2.75) is 72.6 Å². The van der Waals surface area contributed by atoms with Crippen molar-refractivity contribution in [3.8, 4) is 0 Å². The lowest BCUT2D eigenvalue weighted by atomic mass is 10.0. The Hall–Kier alpha value is -3.96. The van der Waals surface area contributed by atoms with Crippen molar-refractivity contribution in [1.29, 1.82) is 0 Å². The molecule has 234 valence electrons. The van der Waals surface area contributed by atoms with Crippen LogP contribution in [0.3, 0.4) is 0 Å². The quantitative estimate of drug-likeness (QED) is 0.331. The summed E-state index contributed by atoms with van der Waals surface area (Å²) in [6.07, 6.45) is 0.778. The van der Waals surface area contributed by atoms with Crippen LogP contribution in [0.15, 0.2) is 60.7 Å². The molecule has 11 heteroatoms. The van der Waals surface area contributed by atoms with Crippen molar-refractivity contribution in [3.63, 3.8) is 0 Å². The summed E-state index contributed by atoms with van der Waals surface area (Å²) in [6.45, 7) is 13.9. The zero-order chi connectivity index (χ0) is 31.8. The monoisotopic (exact) mass is 594 g/mol. The number of rotatable bonds is 10. The molecule has 1 aliphatic heterocycles. The van der Waals surface area contributed by atoms with Crippen LogP contribution in [0.5, 0.6) is 0 Å². The van der Waals surface area contributed by atoms with Gasteiger partial charge in [-0.1, -0.05) is 74.5 Å². The number of carbonyl (C=O) groups is 3. The minimum absolute atomic E-state index is 0.0208. The number of ketones is 2. The Labute approximate surface area is 254 Å². The number of aromatic nitrogens is 4. The molecule has 0 bridgehead atoms. The van der Waals surface area contributed by atoms with Gasteiger partial charge in [-0.3, -0.25) is 9.59 Å². The maximum atomic E-state index is 12.0. The first-order valence-corrected chi connectivity index (χ1v) is 14.5. The van der Waals surface area contributed by atoms with Crippen LogP contribution in [0.2, 0.25) is 0 Å². The summed E-state index contributed by atoms with van der Waals surface area (Å²) in [4.78, 5) is 34.8. The van der Waals surface area contributed by atoms with Crippen molar-refractivity contribution in [2.24, 2.45) is 11.7 Å². The molecule has 43 heavy (non-hydrogen) atoms. The summed E-state index contributed by atoms with van der Waals surface area (Å²) >= 11 is 0. The van der Waals surface area contributed by atoms with E-state index < -0.39 is 5.54 Å². The first kappa shape index (κ1) is 35.2. The molecule has 2 N–H and O–H groups in total. The van der Waals surface area contributed by atoms with E-state index in [0.29, 0.717) is 25.7 Å². The van der Waals surface area contributed by atoms with Crippen LogP contribution < -0.4 is 5.73 Å². The number of nitrogens with zero attached hydrogens (tertiary/aromatic N) is 5. The largest absolute Gasteiger partial charge is 0.447 e. The fourth-order valence-corrected chi connectivity index (χ4v) is 3.81. The molecule has 4 rings (SSSR count). The van der Waals surface area contributed by atoms with Crippen LogP contribution in [-0.4, -0.2) is 74.6 Å². The van der Waals surface area contributed by atoms with Crippen LogP contribution in [0.4, 0.5) is 4.79 Å². The molecule has 11 nitrogen and oxygen atoms in total. The lowest BCUT2D eigenvalue weighted by Gasteiger charge is -2.16. The van der Waals surface area contributed by atoms with Crippen LogP contribution in [0.25, 0.3) is 0 Å². The number of benzene rings is 2. The van der Waals surface area contributed by atoms with Gasteiger partial charge in [0.2, 0.25) is 0 Å². The van der Waals surface area contributed by atoms with Crippen molar-refractivity contribution in [2.75, 3.05) is 26.3 Å². The Morgan fingerprint density at radius 1 is 1.05 bits per heavy atom. The van der Waals surface area contributed by atoms with E-state index in [0.717, 1.165) is 36.5 Å². The van der Waals surface area contributed by atoms with Crippen LogP contribution >= 0.6 is 0 Å². The second kappa shape index (κ2) is 17.9. The van der Waals surface area contributed by atoms with Gasteiger partial charge in [-0.2, -0.15) is 0 Å². The Bertz CT molecular complexity index is 1260. The predicted molar refractivity (Wildman–Crippen MR) is 164 cm³/mol. The number of carbonyl (C=O) groups excluding carboxylic acids is 3. The number of hydrogen-bond acceptors (Lipinski definition) is 9. The highest BCUT2D eigenvalue weighted by Gasteiger charge is 2.24. The third-order valence-electron chi connectivity index (χ3n) is 6.78. The molecule has 0 saturated carbocycles. The molecule has 1 saturated heterocycles. The van der Waals surface area contributed by atoms with Crippen LogP contribution in [0.1, 0.15) is 75.6 Å². The molecular weight excluding hydrogens is 548 g/mol. The Morgan fingerprint density at radius 3 is 2.16 bits per heavy atom. The predicted octanol–water partition coefficient (Wildman–Crippen LogP) is 4.67. The van der Waals surface area contributed by atoms with Crippen LogP contribution in [0, 0.1) is 5.92 Å². The molecule has 0 spiro atoms. The van der Waals surface area contributed by atoms with Gasteiger partial charge in [0.15, 0.2) is 11.6 Å². The molecule has 1 fully saturated rings. The smallest absolute Gasteiger partial charge is 0.409 e. The SMILES string of the molecule is CC(=O)C(C)(C)N.CC(=O)c1ccccc1.CC1CCN(C(=O)OCCn2nnnc2C(C)COCc2ccccc2)C1. The molecule has 3 aromatic rings. The fourth-order valence-electron chi connectivity index (χ4n) is 3.81. The molecule has 2 unspecified atom stereocenters. The Balaban J connectivity index is 0.000000329. The van der Waals surface area contributed by atoms with E-state index >= 15 is 0 Å². The zero-order valence-corrected chi connectivity index (χ0v) is 26.2. The van der Waals surface area contributed by atoms with Crippen molar-refractivity contribution < 1.29 is 23.9 Å². The lowest BCUT2D eigenvalue weighted by molar-refractivity contribution is -0.120. The van der Waals surface area contributed by atoms with E-state index in [1.807, 2.05) is 67.6 Å². The summed E-state index contributed by atoms with van der Waals surface area (Å²) < 4.78 is 12.8. The number of tetrazole rings is 1. The van der Waals surface area contributed by atoms with E-state index in [4.69, 9.17) is 15.2 Å². The highest BCUT2D eigenvalue weighted by molar-refractivity contribution is 5.93. The molecule has 0 radical (unpaired) electrons. The number of Topliss-reactive ketones (excluding diaryl/α,β-unsaturated/α-hetero) is 2. The van der Waals surface area contributed by atoms with Gasteiger partial charge in [0, 0.05) is 24.6 Å². The van der Waals surface area contributed by atoms with Gasteiger partial charge in [-0.15, -0.1) is 5.10 Å². The summed E-state index contributed by atoms with van der Waals surface area (Å²) in [5, 5.41) is 11.9. The highest BCUT2D eigenvalue weighted by Crippen LogP contribution is 2.16. The third kappa shape index (κ3) is 13.3.